The van der Waals surface area contributed by atoms with Gasteiger partial charge in [0.05, 0.1) is 16.9 Å². The van der Waals surface area contributed by atoms with Crippen molar-refractivity contribution < 1.29 is 83.8 Å². The van der Waals surface area contributed by atoms with Crippen molar-refractivity contribution >= 4 is 20.2 Å². The molecule has 0 aliphatic heterocycles. The summed E-state index contributed by atoms with van der Waals surface area (Å²) in [6.45, 7) is 0. The topological polar surface area (TPSA) is 101 Å². The zero-order valence-electron chi connectivity index (χ0n) is 8.58. The molecule has 0 atom stereocenters. The molecule has 0 unspecified atom stereocenters. The fourth-order valence-electron chi connectivity index (χ4n) is 0.869. The summed E-state index contributed by atoms with van der Waals surface area (Å²) in [5.74, 6) is 0. The summed E-state index contributed by atoms with van der Waals surface area (Å²) in [5.41, 5.74) is 0. The van der Waals surface area contributed by atoms with E-state index in [0.717, 1.165) is 31.4 Å². The van der Waals surface area contributed by atoms with Gasteiger partial charge in [0.1, 0.15) is 10.1 Å². The first kappa shape index (κ1) is 16.8. The Morgan fingerprint density at radius 2 is 1.38 bits per heavy atom. The third kappa shape index (κ3) is 4.26. The monoisotopic (exact) mass is 336 g/mol. The van der Waals surface area contributed by atoms with Crippen molar-refractivity contribution in [3.05, 3.63) is 24.3 Å². The Hall–Kier alpha value is 0.845. The molecule has 84 valence electrons. The Kier molecular flexibility index (Phi) is 6.47. The largest absolute Gasteiger partial charge is 1.00 e. The van der Waals surface area contributed by atoms with E-state index in [-0.39, 0.29) is 63.1 Å². The molecule has 0 aliphatic carbocycles. The number of rotatable bonds is 3. The predicted octanol–water partition coefficient (Wildman–Crippen LogP) is -3.07. The van der Waals surface area contributed by atoms with Gasteiger partial charge in [0.25, 0.3) is 10.1 Å². The van der Waals surface area contributed by atoms with Gasteiger partial charge in [-0.25, -0.2) is 8.42 Å². The Labute approximate surface area is 143 Å². The quantitative estimate of drug-likeness (QED) is 0.429. The van der Waals surface area contributed by atoms with Gasteiger partial charge < -0.3 is 4.55 Å². The second-order valence-electron chi connectivity index (χ2n) is 2.55. The van der Waals surface area contributed by atoms with E-state index in [0.29, 0.717) is 0 Å². The third-order valence-corrected chi connectivity index (χ3v) is 3.76. The summed E-state index contributed by atoms with van der Waals surface area (Å²) in [5, 5.41) is 0. The van der Waals surface area contributed by atoms with E-state index in [1.807, 2.05) is 0 Å². The average Bonchev–Trinajstić information content (AvgIpc) is 2.17. The molecular weight excluding hydrogens is 330 g/mol. The fraction of sp³-hybridized carbons (Fsp3) is 0.143. The van der Waals surface area contributed by atoms with Crippen LogP contribution in [0.4, 0.5) is 0 Å². The van der Waals surface area contributed by atoms with Crippen molar-refractivity contribution in [3.63, 3.8) is 0 Å². The predicted molar refractivity (Wildman–Crippen MR) is 48.6 cm³/mol. The molecule has 1 aromatic carbocycles. The van der Waals surface area contributed by atoms with Gasteiger partial charge in [-0.1, -0.05) is 0 Å². The van der Waals surface area contributed by atoms with Crippen LogP contribution in [0.2, 0.25) is 0 Å². The smallest absolute Gasteiger partial charge is 0.744 e. The standard InChI is InChI=1S/C7H8O6S2.Rb/c1-13-15(11,12)7-4-2-6(3-5-7)14(8,9)10;/h2-5H,1H3,(H,8,9,10);/q;+1/p-1. The van der Waals surface area contributed by atoms with E-state index in [1.165, 1.54) is 0 Å². The second-order valence-corrected chi connectivity index (χ2v) is 5.64. The van der Waals surface area contributed by atoms with Crippen molar-refractivity contribution in [1.82, 2.24) is 0 Å². The zero-order valence-corrected chi connectivity index (χ0v) is 15.1. The summed E-state index contributed by atoms with van der Waals surface area (Å²) in [6.07, 6.45) is 0. The molecule has 0 aromatic heterocycles. The van der Waals surface area contributed by atoms with Crippen LogP contribution in [0.15, 0.2) is 34.1 Å². The van der Waals surface area contributed by atoms with E-state index >= 15 is 0 Å². The van der Waals surface area contributed by atoms with Crippen molar-refractivity contribution in [1.29, 1.82) is 0 Å². The van der Waals surface area contributed by atoms with Crippen molar-refractivity contribution in [2.45, 2.75) is 9.79 Å². The molecule has 6 nitrogen and oxygen atoms in total. The Balaban J connectivity index is 0.00000225. The third-order valence-electron chi connectivity index (χ3n) is 1.62. The molecule has 0 aliphatic rings. The van der Waals surface area contributed by atoms with Crippen molar-refractivity contribution in [2.75, 3.05) is 7.11 Å². The molecule has 0 N–H and O–H groups in total. The SMILES string of the molecule is COS(=O)(=O)c1ccc(S(=O)(=O)[O-])cc1.[Rb+]. The maximum atomic E-state index is 11.1. The molecule has 16 heavy (non-hydrogen) atoms. The number of hydrogen-bond acceptors (Lipinski definition) is 6. The molecule has 0 spiro atoms. The molecule has 9 heteroatoms. The second kappa shape index (κ2) is 6.14. The Bertz CT molecular complexity index is 545. The average molecular weight is 337 g/mol. The van der Waals surface area contributed by atoms with Crippen LogP contribution in [-0.4, -0.2) is 28.5 Å². The Morgan fingerprint density at radius 3 is 1.69 bits per heavy atom. The molecule has 1 rings (SSSR count). The van der Waals surface area contributed by atoms with Gasteiger partial charge in [-0.15, -0.1) is 0 Å². The van der Waals surface area contributed by atoms with Crippen LogP contribution in [-0.2, 0) is 24.4 Å². The summed E-state index contributed by atoms with van der Waals surface area (Å²) >= 11 is 0. The summed E-state index contributed by atoms with van der Waals surface area (Å²) in [7, 11) is -7.43. The summed E-state index contributed by atoms with van der Waals surface area (Å²) in [6, 6.07) is 3.80. The Morgan fingerprint density at radius 1 is 1.00 bits per heavy atom. The minimum absolute atomic E-state index is 0. The van der Waals surface area contributed by atoms with Crippen molar-refractivity contribution in [2.24, 2.45) is 0 Å². The van der Waals surface area contributed by atoms with Crippen LogP contribution < -0.4 is 58.2 Å². The minimum Gasteiger partial charge on any atom is -0.744 e. The van der Waals surface area contributed by atoms with Crippen LogP contribution >= 0.6 is 0 Å². The van der Waals surface area contributed by atoms with Gasteiger partial charge in [-0.2, -0.15) is 8.42 Å². The first-order valence-corrected chi connectivity index (χ1v) is 6.45. The summed E-state index contributed by atoms with van der Waals surface area (Å²) in [4.78, 5) is -0.699. The van der Waals surface area contributed by atoms with Crippen LogP contribution in [0.5, 0.6) is 0 Å². The van der Waals surface area contributed by atoms with E-state index in [1.54, 1.807) is 0 Å². The molecular formula is C7H7O6RbS2. The first-order valence-electron chi connectivity index (χ1n) is 3.64. The van der Waals surface area contributed by atoms with Crippen molar-refractivity contribution in [3.8, 4) is 0 Å². The molecule has 0 saturated carbocycles. The fourth-order valence-corrected chi connectivity index (χ4v) is 2.00. The van der Waals surface area contributed by atoms with E-state index in [4.69, 9.17) is 0 Å². The molecule has 0 amide bonds. The first-order chi connectivity index (χ1) is 6.77. The molecule has 0 bridgehead atoms. The molecule has 1 aromatic rings. The maximum Gasteiger partial charge on any atom is 1.00 e. The molecule has 0 heterocycles. The molecule has 0 radical (unpaired) electrons. The summed E-state index contributed by atoms with van der Waals surface area (Å²) < 4.78 is 58.0. The maximum absolute atomic E-state index is 11.1. The van der Waals surface area contributed by atoms with Crippen LogP contribution in [0.1, 0.15) is 0 Å². The van der Waals surface area contributed by atoms with Gasteiger partial charge in [0, 0.05) is 0 Å². The van der Waals surface area contributed by atoms with Gasteiger partial charge in [-0.3, -0.25) is 4.18 Å². The van der Waals surface area contributed by atoms with Gasteiger partial charge >= 0.3 is 58.2 Å². The van der Waals surface area contributed by atoms with E-state index in [9.17, 15) is 21.4 Å². The normalized spacial score (nSPS) is 11.9. The van der Waals surface area contributed by atoms with E-state index < -0.39 is 25.1 Å². The molecule has 0 saturated heterocycles. The van der Waals surface area contributed by atoms with Crippen LogP contribution in [0, 0.1) is 0 Å². The van der Waals surface area contributed by atoms with Gasteiger partial charge in [0.15, 0.2) is 0 Å². The van der Waals surface area contributed by atoms with Crippen LogP contribution in [0.25, 0.3) is 0 Å². The van der Waals surface area contributed by atoms with Crippen LogP contribution in [0.3, 0.4) is 0 Å². The van der Waals surface area contributed by atoms with Gasteiger partial charge in [-0.05, 0) is 24.3 Å². The van der Waals surface area contributed by atoms with Gasteiger partial charge in [0.2, 0.25) is 0 Å². The van der Waals surface area contributed by atoms with E-state index in [2.05, 4.69) is 4.18 Å². The number of hydrogen-bond donors (Lipinski definition) is 0. The zero-order chi connectivity index (χ0) is 11.7. The molecule has 0 fully saturated rings. The number of benzene rings is 1. The minimum atomic E-state index is -4.56.